The predicted octanol–water partition coefficient (Wildman–Crippen LogP) is 3.57. The highest BCUT2D eigenvalue weighted by atomic mass is 16.5. The van der Waals surface area contributed by atoms with Gasteiger partial charge in [0.15, 0.2) is 0 Å². The molecule has 0 saturated carbocycles. The van der Waals surface area contributed by atoms with Crippen LogP contribution in [0.3, 0.4) is 0 Å². The zero-order valence-electron chi connectivity index (χ0n) is 11.8. The average molecular weight is 269 g/mol. The van der Waals surface area contributed by atoms with Crippen molar-refractivity contribution in [1.29, 1.82) is 0 Å². The van der Waals surface area contributed by atoms with Gasteiger partial charge in [-0.05, 0) is 43.7 Å². The molecule has 0 aliphatic carbocycles. The molecule has 0 radical (unpaired) electrons. The highest BCUT2D eigenvalue weighted by Crippen LogP contribution is 2.16. The van der Waals surface area contributed by atoms with Crippen LogP contribution in [0.25, 0.3) is 0 Å². The summed E-state index contributed by atoms with van der Waals surface area (Å²) in [6, 6.07) is 15.4. The van der Waals surface area contributed by atoms with Gasteiger partial charge in [0.1, 0.15) is 5.75 Å². The molecule has 1 N–H and O–H groups in total. The number of aryl methyl sites for hydroxylation is 1. The van der Waals surface area contributed by atoms with Crippen LogP contribution in [0, 0.1) is 6.92 Å². The monoisotopic (exact) mass is 269 g/mol. The van der Waals surface area contributed by atoms with Crippen LogP contribution >= 0.6 is 0 Å². The summed E-state index contributed by atoms with van der Waals surface area (Å²) < 4.78 is 5.36. The Morgan fingerprint density at radius 1 is 1.05 bits per heavy atom. The van der Waals surface area contributed by atoms with Crippen molar-refractivity contribution in [2.45, 2.75) is 20.3 Å². The third-order valence-electron chi connectivity index (χ3n) is 2.93. The third kappa shape index (κ3) is 4.12. The SMILES string of the molecule is CCOc1ccc(NC(=O)Cc2ccc(C)cc2)cc1. The second-order valence-corrected chi connectivity index (χ2v) is 4.67. The molecule has 0 unspecified atom stereocenters. The number of ether oxygens (including phenoxy) is 1. The van der Waals surface area contributed by atoms with Gasteiger partial charge in [0.2, 0.25) is 5.91 Å². The molecule has 0 aromatic heterocycles. The van der Waals surface area contributed by atoms with Crippen LogP contribution in [-0.2, 0) is 11.2 Å². The molecule has 20 heavy (non-hydrogen) atoms. The van der Waals surface area contributed by atoms with E-state index in [4.69, 9.17) is 4.74 Å². The first-order valence-electron chi connectivity index (χ1n) is 6.75. The molecule has 0 saturated heterocycles. The Kier molecular flexibility index (Phi) is 4.77. The fourth-order valence-corrected chi connectivity index (χ4v) is 1.90. The van der Waals surface area contributed by atoms with E-state index in [1.54, 1.807) is 0 Å². The molecule has 0 heterocycles. The van der Waals surface area contributed by atoms with Crippen LogP contribution in [0.1, 0.15) is 18.1 Å². The fraction of sp³-hybridized carbons (Fsp3) is 0.235. The van der Waals surface area contributed by atoms with Crippen molar-refractivity contribution in [2.24, 2.45) is 0 Å². The van der Waals surface area contributed by atoms with Gasteiger partial charge in [0, 0.05) is 5.69 Å². The average Bonchev–Trinajstić information content (AvgIpc) is 2.44. The van der Waals surface area contributed by atoms with Gasteiger partial charge >= 0.3 is 0 Å². The number of hydrogen-bond acceptors (Lipinski definition) is 2. The summed E-state index contributed by atoms with van der Waals surface area (Å²) in [6.45, 7) is 4.61. The van der Waals surface area contributed by atoms with Gasteiger partial charge in [0.05, 0.1) is 13.0 Å². The van der Waals surface area contributed by atoms with Crippen molar-refractivity contribution in [3.05, 3.63) is 59.7 Å². The third-order valence-corrected chi connectivity index (χ3v) is 2.93. The second-order valence-electron chi connectivity index (χ2n) is 4.67. The molecule has 104 valence electrons. The lowest BCUT2D eigenvalue weighted by atomic mass is 10.1. The molecule has 1 amide bonds. The Morgan fingerprint density at radius 2 is 1.70 bits per heavy atom. The number of carbonyl (C=O) groups is 1. The van der Waals surface area contributed by atoms with E-state index in [1.807, 2.05) is 62.4 Å². The number of hydrogen-bond donors (Lipinski definition) is 1. The minimum Gasteiger partial charge on any atom is -0.494 e. The summed E-state index contributed by atoms with van der Waals surface area (Å²) in [5, 5.41) is 2.88. The first kappa shape index (κ1) is 14.1. The largest absolute Gasteiger partial charge is 0.494 e. The van der Waals surface area contributed by atoms with E-state index < -0.39 is 0 Å². The van der Waals surface area contributed by atoms with Crippen LogP contribution in [0.2, 0.25) is 0 Å². The van der Waals surface area contributed by atoms with E-state index >= 15 is 0 Å². The number of amides is 1. The van der Waals surface area contributed by atoms with Crippen LogP contribution in [0.4, 0.5) is 5.69 Å². The smallest absolute Gasteiger partial charge is 0.228 e. The number of benzene rings is 2. The lowest BCUT2D eigenvalue weighted by Crippen LogP contribution is -2.14. The Labute approximate surface area is 119 Å². The highest BCUT2D eigenvalue weighted by molar-refractivity contribution is 5.92. The lowest BCUT2D eigenvalue weighted by Gasteiger charge is -2.07. The Balaban J connectivity index is 1.92. The normalized spacial score (nSPS) is 10.1. The zero-order chi connectivity index (χ0) is 14.4. The van der Waals surface area contributed by atoms with E-state index in [9.17, 15) is 4.79 Å². The standard InChI is InChI=1S/C17H19NO2/c1-3-20-16-10-8-15(9-11-16)18-17(19)12-14-6-4-13(2)5-7-14/h4-11H,3,12H2,1-2H3,(H,18,19). The molecule has 3 nitrogen and oxygen atoms in total. The van der Waals surface area contributed by atoms with Crippen LogP contribution < -0.4 is 10.1 Å². The van der Waals surface area contributed by atoms with E-state index in [1.165, 1.54) is 5.56 Å². The summed E-state index contributed by atoms with van der Waals surface area (Å²) in [4.78, 5) is 11.9. The minimum atomic E-state index is -0.0157. The maximum atomic E-state index is 11.9. The topological polar surface area (TPSA) is 38.3 Å². The van der Waals surface area contributed by atoms with E-state index in [0.29, 0.717) is 13.0 Å². The molecular weight excluding hydrogens is 250 g/mol. The summed E-state index contributed by atoms with van der Waals surface area (Å²) >= 11 is 0. The molecule has 0 fully saturated rings. The van der Waals surface area contributed by atoms with Gasteiger partial charge in [-0.25, -0.2) is 0 Å². The Morgan fingerprint density at radius 3 is 2.30 bits per heavy atom. The van der Waals surface area contributed by atoms with E-state index in [-0.39, 0.29) is 5.91 Å². The Bertz CT molecular complexity index is 559. The fourth-order valence-electron chi connectivity index (χ4n) is 1.90. The molecular formula is C17H19NO2. The summed E-state index contributed by atoms with van der Waals surface area (Å²) in [5.41, 5.74) is 2.99. The van der Waals surface area contributed by atoms with Crippen molar-refractivity contribution in [2.75, 3.05) is 11.9 Å². The quantitative estimate of drug-likeness (QED) is 0.901. The van der Waals surface area contributed by atoms with E-state index in [0.717, 1.165) is 17.0 Å². The van der Waals surface area contributed by atoms with E-state index in [2.05, 4.69) is 5.32 Å². The number of nitrogens with one attached hydrogen (secondary N) is 1. The molecule has 0 spiro atoms. The predicted molar refractivity (Wildman–Crippen MR) is 81.1 cm³/mol. The molecule has 3 heteroatoms. The first-order chi connectivity index (χ1) is 9.67. The van der Waals surface area contributed by atoms with Gasteiger partial charge in [-0.1, -0.05) is 29.8 Å². The maximum absolute atomic E-state index is 11.9. The van der Waals surface area contributed by atoms with Gasteiger partial charge in [0.25, 0.3) is 0 Å². The number of rotatable bonds is 5. The highest BCUT2D eigenvalue weighted by Gasteiger charge is 2.04. The molecule has 0 aliphatic rings. The van der Waals surface area contributed by atoms with Crippen LogP contribution in [0.15, 0.2) is 48.5 Å². The van der Waals surface area contributed by atoms with Gasteiger partial charge in [-0.3, -0.25) is 4.79 Å². The van der Waals surface area contributed by atoms with Gasteiger partial charge < -0.3 is 10.1 Å². The summed E-state index contributed by atoms with van der Waals surface area (Å²) in [7, 11) is 0. The second kappa shape index (κ2) is 6.75. The number of anilines is 1. The van der Waals surface area contributed by atoms with Gasteiger partial charge in [-0.15, -0.1) is 0 Å². The van der Waals surface area contributed by atoms with Crippen molar-refractivity contribution >= 4 is 11.6 Å². The molecule has 0 atom stereocenters. The first-order valence-corrected chi connectivity index (χ1v) is 6.75. The molecule has 2 aromatic carbocycles. The Hall–Kier alpha value is -2.29. The summed E-state index contributed by atoms with van der Waals surface area (Å²) in [5.74, 6) is 0.794. The van der Waals surface area contributed by atoms with Crippen molar-refractivity contribution < 1.29 is 9.53 Å². The van der Waals surface area contributed by atoms with Crippen LogP contribution in [0.5, 0.6) is 5.75 Å². The van der Waals surface area contributed by atoms with Crippen LogP contribution in [-0.4, -0.2) is 12.5 Å². The molecule has 0 bridgehead atoms. The lowest BCUT2D eigenvalue weighted by molar-refractivity contribution is -0.115. The maximum Gasteiger partial charge on any atom is 0.228 e. The molecule has 2 aromatic rings. The van der Waals surface area contributed by atoms with Gasteiger partial charge in [-0.2, -0.15) is 0 Å². The summed E-state index contributed by atoms with van der Waals surface area (Å²) in [6.07, 6.45) is 0.382. The molecule has 0 aliphatic heterocycles. The minimum absolute atomic E-state index is 0.0157. The van der Waals surface area contributed by atoms with Crippen molar-refractivity contribution in [3.8, 4) is 5.75 Å². The van der Waals surface area contributed by atoms with Crippen molar-refractivity contribution in [3.63, 3.8) is 0 Å². The molecule has 2 rings (SSSR count). The zero-order valence-corrected chi connectivity index (χ0v) is 11.8. The van der Waals surface area contributed by atoms with Crippen molar-refractivity contribution in [1.82, 2.24) is 0 Å². The number of carbonyl (C=O) groups excluding carboxylic acids is 1.